The van der Waals surface area contributed by atoms with Crippen molar-refractivity contribution in [3.05, 3.63) is 80.9 Å². The van der Waals surface area contributed by atoms with Crippen molar-refractivity contribution in [1.29, 1.82) is 0 Å². The predicted octanol–water partition coefficient (Wildman–Crippen LogP) is 3.23. The number of ketones is 1. The number of aryl methyl sites for hydroxylation is 1. The zero-order valence-corrected chi connectivity index (χ0v) is 17.1. The Balaban J connectivity index is 1.81. The van der Waals surface area contributed by atoms with Crippen molar-refractivity contribution in [3.63, 3.8) is 0 Å². The lowest BCUT2D eigenvalue weighted by molar-refractivity contribution is 0.0872. The van der Waals surface area contributed by atoms with E-state index in [1.54, 1.807) is 19.1 Å². The Kier molecular flexibility index (Phi) is 5.40. The number of fused-ring (bicyclic) bond motifs is 1. The van der Waals surface area contributed by atoms with Crippen molar-refractivity contribution in [1.82, 2.24) is 0 Å². The summed E-state index contributed by atoms with van der Waals surface area (Å²) >= 11 is 0. The number of Topliss-reactive ketones (excluding diaryl/α,β-unsaturated/α-hetero) is 1. The van der Waals surface area contributed by atoms with Gasteiger partial charge in [0.05, 0.1) is 17.7 Å². The largest absolute Gasteiger partial charge is 0.508 e. The van der Waals surface area contributed by atoms with E-state index >= 15 is 0 Å². The van der Waals surface area contributed by atoms with E-state index in [-0.39, 0.29) is 52.7 Å². The highest BCUT2D eigenvalue weighted by Gasteiger charge is 2.39. The Bertz CT molecular complexity index is 1240. The van der Waals surface area contributed by atoms with Crippen LogP contribution in [-0.2, 0) is 0 Å². The van der Waals surface area contributed by atoms with Crippen LogP contribution >= 0.6 is 0 Å². The maximum Gasteiger partial charge on any atom is 0.339 e. The van der Waals surface area contributed by atoms with E-state index in [0.717, 1.165) is 12.1 Å². The summed E-state index contributed by atoms with van der Waals surface area (Å²) in [5, 5.41) is 50.8. The number of carbonyl (C=O) groups is 1. The molecule has 3 atom stereocenters. The van der Waals surface area contributed by atoms with Crippen LogP contribution in [0.25, 0.3) is 0 Å². The monoisotopic (exact) mass is 438 g/mol. The highest BCUT2D eigenvalue weighted by atomic mass is 16.4. The first-order valence-corrected chi connectivity index (χ1v) is 10.1. The number of aliphatic hydroxyl groups excluding tert-OH is 1. The normalized spacial score (nSPS) is 20.0. The molecule has 5 N–H and O–H groups in total. The van der Waals surface area contributed by atoms with Gasteiger partial charge in [0.15, 0.2) is 5.78 Å². The Hall–Kier alpha value is -3.78. The fraction of sp³-hybridized carbons (Fsp3) is 0.250. The predicted molar refractivity (Wildman–Crippen MR) is 113 cm³/mol. The first-order valence-electron chi connectivity index (χ1n) is 10.1. The Morgan fingerprint density at radius 2 is 1.75 bits per heavy atom. The molecule has 0 radical (unpaired) electrons. The van der Waals surface area contributed by atoms with Crippen LogP contribution < -0.4 is 5.63 Å². The number of phenols is 3. The second-order valence-electron chi connectivity index (χ2n) is 8.09. The van der Waals surface area contributed by atoms with Gasteiger partial charge in [-0.3, -0.25) is 4.79 Å². The average molecular weight is 438 g/mol. The molecule has 0 amide bonds. The number of carbonyl (C=O) groups excluding carboxylic acids is 1. The van der Waals surface area contributed by atoms with Gasteiger partial charge in [-0.25, -0.2) is 4.79 Å². The summed E-state index contributed by atoms with van der Waals surface area (Å²) in [6, 6.07) is 9.31. The zero-order chi connectivity index (χ0) is 23.2. The summed E-state index contributed by atoms with van der Waals surface area (Å²) in [6.45, 7) is 1.58. The van der Waals surface area contributed by atoms with Gasteiger partial charge in [0.2, 0.25) is 0 Å². The van der Waals surface area contributed by atoms with Crippen LogP contribution in [0.15, 0.2) is 51.7 Å². The number of hydrogen-bond acceptors (Lipinski definition) is 8. The minimum Gasteiger partial charge on any atom is -0.508 e. The van der Waals surface area contributed by atoms with Crippen molar-refractivity contribution in [3.8, 4) is 23.0 Å². The molecule has 0 aliphatic heterocycles. The van der Waals surface area contributed by atoms with Gasteiger partial charge in [0.25, 0.3) is 0 Å². The van der Waals surface area contributed by atoms with Gasteiger partial charge in [-0.05, 0) is 42.5 Å². The van der Waals surface area contributed by atoms with Gasteiger partial charge in [-0.15, -0.1) is 0 Å². The van der Waals surface area contributed by atoms with E-state index < -0.39 is 29.3 Å². The number of phenolic OH excluding ortho intramolecular Hbond substituents is 3. The number of aliphatic hydroxyl groups is 1. The van der Waals surface area contributed by atoms with E-state index in [4.69, 9.17) is 4.42 Å². The number of rotatable bonds is 4. The molecule has 3 unspecified atom stereocenters. The molecule has 8 nitrogen and oxygen atoms in total. The molecule has 3 aromatic rings. The highest BCUT2D eigenvalue weighted by molar-refractivity contribution is 6.00. The van der Waals surface area contributed by atoms with Crippen LogP contribution in [-0.4, -0.2) is 31.3 Å². The Morgan fingerprint density at radius 1 is 1.03 bits per heavy atom. The highest BCUT2D eigenvalue weighted by Crippen LogP contribution is 2.49. The summed E-state index contributed by atoms with van der Waals surface area (Å²) in [5.74, 6) is -2.59. The smallest absolute Gasteiger partial charge is 0.339 e. The fourth-order valence-corrected chi connectivity index (χ4v) is 4.68. The van der Waals surface area contributed by atoms with E-state index in [1.165, 1.54) is 18.2 Å². The second kappa shape index (κ2) is 8.05. The van der Waals surface area contributed by atoms with E-state index in [1.807, 2.05) is 0 Å². The lowest BCUT2D eigenvalue weighted by Gasteiger charge is -2.35. The van der Waals surface area contributed by atoms with E-state index in [2.05, 4.69) is 0 Å². The SMILES string of the molecule is Cc1cc(O)cc(O)c1C(=O)CC1CC(O)c2c(O)cccc2C1c1cc(O)cc(=O)o1. The fourth-order valence-electron chi connectivity index (χ4n) is 4.68. The quantitative estimate of drug-likeness (QED) is 0.390. The van der Waals surface area contributed by atoms with Gasteiger partial charge < -0.3 is 29.9 Å². The van der Waals surface area contributed by atoms with Crippen molar-refractivity contribution >= 4 is 5.78 Å². The number of hydrogen-bond donors (Lipinski definition) is 5. The van der Waals surface area contributed by atoms with Crippen LogP contribution in [0.2, 0.25) is 0 Å². The Morgan fingerprint density at radius 3 is 2.44 bits per heavy atom. The molecule has 1 heterocycles. The molecule has 0 saturated heterocycles. The van der Waals surface area contributed by atoms with E-state index in [9.17, 15) is 35.1 Å². The van der Waals surface area contributed by atoms with Gasteiger partial charge in [0, 0.05) is 30.0 Å². The molecule has 32 heavy (non-hydrogen) atoms. The summed E-state index contributed by atoms with van der Waals surface area (Å²) < 4.78 is 5.34. The number of benzene rings is 2. The molecule has 0 spiro atoms. The maximum absolute atomic E-state index is 13.1. The van der Waals surface area contributed by atoms with Crippen LogP contribution in [0.5, 0.6) is 23.0 Å². The topological polar surface area (TPSA) is 148 Å². The second-order valence-corrected chi connectivity index (χ2v) is 8.09. The summed E-state index contributed by atoms with van der Waals surface area (Å²) in [6.07, 6.45) is -1.13. The van der Waals surface area contributed by atoms with E-state index in [0.29, 0.717) is 11.1 Å². The van der Waals surface area contributed by atoms with Crippen LogP contribution in [0.1, 0.15) is 57.7 Å². The van der Waals surface area contributed by atoms with Crippen LogP contribution in [0.3, 0.4) is 0 Å². The molecule has 0 saturated carbocycles. The lowest BCUT2D eigenvalue weighted by atomic mass is 9.70. The van der Waals surface area contributed by atoms with Crippen molar-refractivity contribution in [2.45, 2.75) is 31.8 Å². The average Bonchev–Trinajstić information content (AvgIpc) is 2.66. The zero-order valence-electron chi connectivity index (χ0n) is 17.1. The maximum atomic E-state index is 13.1. The lowest BCUT2D eigenvalue weighted by Crippen LogP contribution is -2.27. The minimum atomic E-state index is -1.07. The molecular weight excluding hydrogens is 416 g/mol. The first kappa shape index (κ1) is 21.5. The molecular formula is C24H22O8. The van der Waals surface area contributed by atoms with Crippen LogP contribution in [0.4, 0.5) is 0 Å². The first-order chi connectivity index (χ1) is 15.2. The molecule has 8 heteroatoms. The minimum absolute atomic E-state index is 0.0510. The standard InChI is InChI=1S/C24H22O8/c1-11-5-13(25)8-19(30)22(11)17(28)6-12-7-18(29)24-15(3-2-4-16(24)27)23(12)20-9-14(26)10-21(31)32-20/h2-5,8-10,12,18,23,25-27,29-30H,6-7H2,1H3. The summed E-state index contributed by atoms with van der Waals surface area (Å²) in [7, 11) is 0. The summed E-state index contributed by atoms with van der Waals surface area (Å²) in [5.41, 5.74) is 0.417. The summed E-state index contributed by atoms with van der Waals surface area (Å²) in [4.78, 5) is 25.1. The van der Waals surface area contributed by atoms with Crippen LogP contribution in [0, 0.1) is 12.8 Å². The van der Waals surface area contributed by atoms with Gasteiger partial charge >= 0.3 is 5.63 Å². The number of aromatic hydroxyl groups is 4. The third-order valence-corrected chi connectivity index (χ3v) is 5.89. The molecule has 0 bridgehead atoms. The third kappa shape index (κ3) is 3.80. The molecule has 2 aromatic carbocycles. The molecule has 1 aliphatic carbocycles. The van der Waals surface area contributed by atoms with Crippen molar-refractivity contribution in [2.24, 2.45) is 5.92 Å². The third-order valence-electron chi connectivity index (χ3n) is 5.89. The van der Waals surface area contributed by atoms with Crippen molar-refractivity contribution < 1.29 is 34.7 Å². The van der Waals surface area contributed by atoms with Gasteiger partial charge in [-0.1, -0.05) is 12.1 Å². The van der Waals surface area contributed by atoms with Crippen molar-refractivity contribution in [2.75, 3.05) is 0 Å². The molecule has 1 aliphatic rings. The van der Waals surface area contributed by atoms with Gasteiger partial charge in [-0.2, -0.15) is 0 Å². The molecule has 0 fully saturated rings. The molecule has 1 aromatic heterocycles. The molecule has 166 valence electrons. The molecule has 4 rings (SSSR count). The van der Waals surface area contributed by atoms with Gasteiger partial charge in [0.1, 0.15) is 28.8 Å². The Labute approximate surface area is 182 Å².